The van der Waals surface area contributed by atoms with Crippen molar-refractivity contribution in [2.75, 3.05) is 65.7 Å². The maximum Gasteiger partial charge on any atom is 0.105 e. The van der Waals surface area contributed by atoms with Crippen LogP contribution < -0.4 is 0 Å². The molecule has 4 fully saturated rings. The summed E-state index contributed by atoms with van der Waals surface area (Å²) in [5, 5.41) is 0. The molecular formula is C24H42N2O4. The first-order valence-corrected chi connectivity index (χ1v) is 12.3. The van der Waals surface area contributed by atoms with Crippen molar-refractivity contribution in [3.63, 3.8) is 0 Å². The molecule has 0 saturated carbocycles. The number of hydrogen-bond donors (Lipinski definition) is 0. The average molecular weight is 423 g/mol. The van der Waals surface area contributed by atoms with Gasteiger partial charge in [-0.05, 0) is 38.5 Å². The van der Waals surface area contributed by atoms with E-state index in [2.05, 4.69) is 35.8 Å². The fraction of sp³-hybridized carbons (Fsp3) is 0.917. The van der Waals surface area contributed by atoms with Crippen LogP contribution in [-0.2, 0) is 18.9 Å². The van der Waals surface area contributed by atoms with Gasteiger partial charge in [0.1, 0.15) is 11.2 Å². The second-order valence-electron chi connectivity index (χ2n) is 9.83. The zero-order valence-electron chi connectivity index (χ0n) is 19.2. The number of nitrogens with zero attached hydrogens (tertiary/aromatic N) is 2. The predicted octanol–water partition coefficient (Wildman–Crippen LogP) is 2.86. The molecule has 0 N–H and O–H groups in total. The minimum absolute atomic E-state index is 0.0864. The van der Waals surface area contributed by atoms with Gasteiger partial charge in [-0.2, -0.15) is 0 Å². The van der Waals surface area contributed by atoms with Crippen molar-refractivity contribution in [3.05, 3.63) is 12.2 Å². The first-order valence-electron chi connectivity index (χ1n) is 12.3. The van der Waals surface area contributed by atoms with E-state index in [9.17, 15) is 0 Å². The molecule has 0 aromatic carbocycles. The van der Waals surface area contributed by atoms with E-state index >= 15 is 0 Å². The lowest BCUT2D eigenvalue weighted by Gasteiger charge is -2.48. The topological polar surface area (TPSA) is 43.4 Å². The highest BCUT2D eigenvalue weighted by atomic mass is 16.6. The summed E-state index contributed by atoms with van der Waals surface area (Å²) in [4.78, 5) is 5.13. The molecule has 2 spiro atoms. The molecule has 0 aromatic rings. The molecule has 4 heterocycles. The third kappa shape index (κ3) is 5.64. The number of morpholine rings is 2. The first kappa shape index (κ1) is 22.7. The van der Waals surface area contributed by atoms with Gasteiger partial charge in [-0.3, -0.25) is 9.80 Å². The minimum atomic E-state index is -0.0864. The van der Waals surface area contributed by atoms with Gasteiger partial charge in [0.2, 0.25) is 0 Å². The van der Waals surface area contributed by atoms with Gasteiger partial charge < -0.3 is 18.9 Å². The molecule has 0 amide bonds. The third-order valence-corrected chi connectivity index (χ3v) is 7.16. The number of ether oxygens (including phenoxy) is 4. The smallest absolute Gasteiger partial charge is 0.105 e. The van der Waals surface area contributed by atoms with Crippen LogP contribution >= 0.6 is 0 Å². The van der Waals surface area contributed by atoms with Crippen molar-refractivity contribution in [1.29, 1.82) is 0 Å². The van der Waals surface area contributed by atoms with E-state index in [1.165, 1.54) is 0 Å². The summed E-state index contributed by atoms with van der Waals surface area (Å²) in [5.74, 6) is 0. The first-order chi connectivity index (χ1) is 14.6. The fourth-order valence-corrected chi connectivity index (χ4v) is 5.62. The molecule has 0 aliphatic carbocycles. The fourth-order valence-electron chi connectivity index (χ4n) is 5.62. The Morgan fingerprint density at radius 1 is 0.767 bits per heavy atom. The molecule has 0 bridgehead atoms. The summed E-state index contributed by atoms with van der Waals surface area (Å²) < 4.78 is 24.5. The molecule has 4 saturated heterocycles. The van der Waals surface area contributed by atoms with E-state index in [-0.39, 0.29) is 11.2 Å². The quantitative estimate of drug-likeness (QED) is 0.614. The van der Waals surface area contributed by atoms with Crippen LogP contribution in [-0.4, -0.2) is 98.9 Å². The lowest BCUT2D eigenvalue weighted by atomic mass is 9.92. The summed E-state index contributed by atoms with van der Waals surface area (Å²) in [6.45, 7) is 13.8. The van der Waals surface area contributed by atoms with Crippen LogP contribution in [0.2, 0.25) is 0 Å². The summed E-state index contributed by atoms with van der Waals surface area (Å²) in [7, 11) is 0. The molecule has 30 heavy (non-hydrogen) atoms. The van der Waals surface area contributed by atoms with E-state index in [4.69, 9.17) is 18.9 Å². The normalized spacial score (nSPS) is 39.3. The van der Waals surface area contributed by atoms with Gasteiger partial charge in [-0.15, -0.1) is 0 Å². The SMILES string of the molecule is CCC1CN(C/C=C/CN2CC(CC)OC3(CCCOC3)C2)CC2(CCCOC2)O1. The van der Waals surface area contributed by atoms with E-state index in [1.807, 2.05) is 0 Å². The Kier molecular flexibility index (Phi) is 7.87. The van der Waals surface area contributed by atoms with E-state index < -0.39 is 0 Å². The number of hydrogen-bond acceptors (Lipinski definition) is 6. The summed E-state index contributed by atoms with van der Waals surface area (Å²) in [5.41, 5.74) is -0.173. The molecule has 4 unspecified atom stereocenters. The van der Waals surface area contributed by atoms with Crippen LogP contribution in [0.5, 0.6) is 0 Å². The molecule has 4 aliphatic rings. The van der Waals surface area contributed by atoms with Gasteiger partial charge >= 0.3 is 0 Å². The molecule has 0 aromatic heterocycles. The van der Waals surface area contributed by atoms with E-state index in [0.717, 1.165) is 104 Å². The Hall–Kier alpha value is -0.500. The van der Waals surface area contributed by atoms with Gasteiger partial charge in [0.25, 0.3) is 0 Å². The standard InChI is InChI=1S/C24H42N2O4/c1-3-21-15-25(17-23(29-21)9-7-13-27-19-23)11-5-6-12-26-16-22(4-2)30-24(18-26)10-8-14-28-20-24/h5-6,21-22H,3-4,7-20H2,1-2H3/b6-5+. The van der Waals surface area contributed by atoms with Crippen molar-refractivity contribution < 1.29 is 18.9 Å². The zero-order valence-corrected chi connectivity index (χ0v) is 19.2. The highest BCUT2D eigenvalue weighted by Gasteiger charge is 2.42. The molecule has 4 aliphatic heterocycles. The summed E-state index contributed by atoms with van der Waals surface area (Å²) >= 11 is 0. The Labute approximate surface area is 182 Å². The van der Waals surface area contributed by atoms with Gasteiger partial charge in [0, 0.05) is 52.5 Å². The average Bonchev–Trinajstić information content (AvgIpc) is 2.77. The highest BCUT2D eigenvalue weighted by molar-refractivity contribution is 4.98. The van der Waals surface area contributed by atoms with Crippen LogP contribution in [0.25, 0.3) is 0 Å². The molecule has 4 atom stereocenters. The predicted molar refractivity (Wildman–Crippen MR) is 118 cm³/mol. The van der Waals surface area contributed by atoms with Crippen LogP contribution in [0.1, 0.15) is 52.4 Å². The van der Waals surface area contributed by atoms with Crippen molar-refractivity contribution in [1.82, 2.24) is 9.80 Å². The van der Waals surface area contributed by atoms with E-state index in [1.54, 1.807) is 0 Å². The van der Waals surface area contributed by atoms with Crippen LogP contribution in [0.15, 0.2) is 12.2 Å². The largest absolute Gasteiger partial charge is 0.378 e. The molecule has 172 valence electrons. The number of rotatable bonds is 6. The lowest BCUT2D eigenvalue weighted by Crippen LogP contribution is -2.59. The highest BCUT2D eigenvalue weighted by Crippen LogP contribution is 2.32. The second-order valence-corrected chi connectivity index (χ2v) is 9.83. The Morgan fingerprint density at radius 2 is 1.23 bits per heavy atom. The lowest BCUT2D eigenvalue weighted by molar-refractivity contribution is -0.200. The van der Waals surface area contributed by atoms with Gasteiger partial charge in [0.05, 0.1) is 25.4 Å². The van der Waals surface area contributed by atoms with Crippen LogP contribution in [0.3, 0.4) is 0 Å². The monoisotopic (exact) mass is 422 g/mol. The van der Waals surface area contributed by atoms with Crippen molar-refractivity contribution in [2.24, 2.45) is 0 Å². The second kappa shape index (κ2) is 10.4. The summed E-state index contributed by atoms with van der Waals surface area (Å²) in [6, 6.07) is 0. The molecule has 4 rings (SSSR count). The van der Waals surface area contributed by atoms with Gasteiger partial charge in [-0.1, -0.05) is 26.0 Å². The maximum atomic E-state index is 6.46. The molecule has 0 radical (unpaired) electrons. The van der Waals surface area contributed by atoms with Crippen LogP contribution in [0.4, 0.5) is 0 Å². The summed E-state index contributed by atoms with van der Waals surface area (Å²) in [6.07, 6.45) is 12.0. The van der Waals surface area contributed by atoms with E-state index in [0.29, 0.717) is 12.2 Å². The molecule has 6 nitrogen and oxygen atoms in total. The Bertz CT molecular complexity index is 509. The minimum Gasteiger partial charge on any atom is -0.378 e. The third-order valence-electron chi connectivity index (χ3n) is 7.16. The molecular weight excluding hydrogens is 380 g/mol. The molecule has 6 heteroatoms. The van der Waals surface area contributed by atoms with Crippen molar-refractivity contribution in [3.8, 4) is 0 Å². The maximum absolute atomic E-state index is 6.46. The van der Waals surface area contributed by atoms with Crippen molar-refractivity contribution >= 4 is 0 Å². The van der Waals surface area contributed by atoms with Crippen molar-refractivity contribution in [2.45, 2.75) is 75.8 Å². The van der Waals surface area contributed by atoms with Gasteiger partial charge in [-0.25, -0.2) is 0 Å². The van der Waals surface area contributed by atoms with Crippen LogP contribution in [0, 0.1) is 0 Å². The Balaban J connectivity index is 1.29. The zero-order chi connectivity index (χ0) is 20.9. The Morgan fingerprint density at radius 3 is 1.60 bits per heavy atom. The van der Waals surface area contributed by atoms with Gasteiger partial charge in [0.15, 0.2) is 0 Å².